The van der Waals surface area contributed by atoms with Gasteiger partial charge in [0.1, 0.15) is 5.69 Å². The third-order valence-electron chi connectivity index (χ3n) is 3.67. The molecule has 0 radical (unpaired) electrons. The Bertz CT molecular complexity index is 521. The number of nitrogens with zero attached hydrogens (tertiary/aromatic N) is 2. The number of likely N-dealkylation sites (tertiary alicyclic amines) is 1. The number of likely N-dealkylation sites (N-methyl/N-ethyl adjacent to an activating group) is 1. The average molecular weight is 292 g/mol. The van der Waals surface area contributed by atoms with Crippen LogP contribution in [-0.2, 0) is 4.79 Å². The zero-order valence-corrected chi connectivity index (χ0v) is 12.0. The van der Waals surface area contributed by atoms with Crippen molar-refractivity contribution in [3.63, 3.8) is 0 Å². The minimum atomic E-state index is -0.452. The number of nitro benzene ring substituents is 1. The predicted octanol–water partition coefficient (Wildman–Crippen LogP) is 1.22. The lowest BCUT2D eigenvalue weighted by molar-refractivity contribution is -0.383. The van der Waals surface area contributed by atoms with Gasteiger partial charge in [-0.15, -0.1) is 0 Å². The molecule has 0 aliphatic carbocycles. The first-order valence-electron chi connectivity index (χ1n) is 7.05. The molecule has 7 heteroatoms. The van der Waals surface area contributed by atoms with Gasteiger partial charge < -0.3 is 15.5 Å². The Morgan fingerprint density at radius 3 is 2.95 bits per heavy atom. The maximum atomic E-state index is 12.3. The second-order valence-electron chi connectivity index (χ2n) is 5.07. The molecule has 1 aromatic carbocycles. The van der Waals surface area contributed by atoms with Crippen LogP contribution in [0.4, 0.5) is 11.4 Å². The maximum Gasteiger partial charge on any atom is 0.292 e. The largest absolute Gasteiger partial charge is 0.371 e. The lowest BCUT2D eigenvalue weighted by atomic mass is 10.2. The highest BCUT2D eigenvalue weighted by Gasteiger charge is 2.28. The molecule has 0 aromatic heterocycles. The van der Waals surface area contributed by atoms with Crippen LogP contribution in [0.2, 0.25) is 0 Å². The second-order valence-corrected chi connectivity index (χ2v) is 5.07. The fraction of sp³-hybridized carbons (Fsp3) is 0.500. The third kappa shape index (κ3) is 3.69. The average Bonchev–Trinajstić information content (AvgIpc) is 2.93. The van der Waals surface area contributed by atoms with Crippen molar-refractivity contribution in [1.29, 1.82) is 0 Å². The van der Waals surface area contributed by atoms with Crippen molar-refractivity contribution in [2.75, 3.05) is 32.0 Å². The van der Waals surface area contributed by atoms with Gasteiger partial charge in [0.05, 0.1) is 11.5 Å². The summed E-state index contributed by atoms with van der Waals surface area (Å²) in [4.78, 5) is 24.6. The van der Waals surface area contributed by atoms with E-state index in [2.05, 4.69) is 10.6 Å². The molecule has 1 aliphatic rings. The Morgan fingerprint density at radius 2 is 2.24 bits per heavy atom. The van der Waals surface area contributed by atoms with Crippen LogP contribution in [0.15, 0.2) is 24.3 Å². The van der Waals surface area contributed by atoms with Crippen LogP contribution in [-0.4, -0.2) is 48.5 Å². The van der Waals surface area contributed by atoms with Gasteiger partial charge in [-0.2, -0.15) is 0 Å². The van der Waals surface area contributed by atoms with E-state index in [1.54, 1.807) is 18.2 Å². The number of para-hydroxylation sites is 2. The van der Waals surface area contributed by atoms with Crippen LogP contribution < -0.4 is 10.6 Å². The number of nitrogens with one attached hydrogen (secondary N) is 2. The van der Waals surface area contributed by atoms with Gasteiger partial charge in [-0.1, -0.05) is 12.1 Å². The number of rotatable bonds is 6. The third-order valence-corrected chi connectivity index (χ3v) is 3.67. The smallest absolute Gasteiger partial charge is 0.292 e. The lowest BCUT2D eigenvalue weighted by Crippen LogP contribution is -2.43. The summed E-state index contributed by atoms with van der Waals surface area (Å²) in [6.07, 6.45) is 2.00. The van der Waals surface area contributed by atoms with E-state index in [0.29, 0.717) is 5.69 Å². The normalized spacial score (nSPS) is 17.8. The quantitative estimate of drug-likeness (QED) is 0.608. The zero-order chi connectivity index (χ0) is 15.2. The van der Waals surface area contributed by atoms with Gasteiger partial charge in [-0.05, 0) is 26.0 Å². The summed E-state index contributed by atoms with van der Waals surface area (Å²) < 4.78 is 0. The monoisotopic (exact) mass is 292 g/mol. The molecule has 21 heavy (non-hydrogen) atoms. The molecule has 1 saturated heterocycles. The van der Waals surface area contributed by atoms with E-state index in [4.69, 9.17) is 0 Å². The molecular weight excluding hydrogens is 272 g/mol. The van der Waals surface area contributed by atoms with E-state index in [1.807, 2.05) is 11.9 Å². The van der Waals surface area contributed by atoms with Crippen LogP contribution in [0.1, 0.15) is 12.8 Å². The van der Waals surface area contributed by atoms with E-state index < -0.39 is 4.92 Å². The van der Waals surface area contributed by atoms with E-state index in [-0.39, 0.29) is 24.2 Å². The Kier molecular flexibility index (Phi) is 5.10. The van der Waals surface area contributed by atoms with Crippen molar-refractivity contribution < 1.29 is 9.72 Å². The molecule has 7 nitrogen and oxygen atoms in total. The number of nitro groups is 1. The summed E-state index contributed by atoms with van der Waals surface area (Å²) in [6, 6.07) is 6.57. The first-order chi connectivity index (χ1) is 10.1. The number of carbonyl (C=O) groups excluding carboxylic acids is 1. The Hall–Kier alpha value is -2.15. The first kappa shape index (κ1) is 15.2. The zero-order valence-electron chi connectivity index (χ0n) is 12.0. The number of hydrogen-bond donors (Lipinski definition) is 2. The van der Waals surface area contributed by atoms with Gasteiger partial charge in [0, 0.05) is 25.2 Å². The molecule has 1 atom stereocenters. The van der Waals surface area contributed by atoms with Gasteiger partial charge in [0.15, 0.2) is 0 Å². The molecule has 2 N–H and O–H groups in total. The van der Waals surface area contributed by atoms with Gasteiger partial charge in [0.2, 0.25) is 5.91 Å². The topological polar surface area (TPSA) is 87.5 Å². The molecular formula is C14H20N4O3. The molecule has 1 unspecified atom stereocenters. The van der Waals surface area contributed by atoms with Crippen LogP contribution in [0.3, 0.4) is 0 Å². The molecule has 1 fully saturated rings. The summed E-state index contributed by atoms with van der Waals surface area (Å²) in [5, 5.41) is 16.9. The minimum Gasteiger partial charge on any atom is -0.371 e. The highest BCUT2D eigenvalue weighted by atomic mass is 16.6. The van der Waals surface area contributed by atoms with E-state index in [0.717, 1.165) is 25.9 Å². The van der Waals surface area contributed by atoms with Crippen LogP contribution >= 0.6 is 0 Å². The molecule has 2 rings (SSSR count). The van der Waals surface area contributed by atoms with Crippen molar-refractivity contribution in [3.8, 4) is 0 Å². The van der Waals surface area contributed by atoms with Crippen LogP contribution in [0.25, 0.3) is 0 Å². The fourth-order valence-electron chi connectivity index (χ4n) is 2.67. The molecule has 1 aliphatic heterocycles. The number of benzene rings is 1. The SMILES string of the molecule is CNCC1CCCN1C(=O)CNc1ccccc1[N+](=O)[O-]. The highest BCUT2D eigenvalue weighted by Crippen LogP contribution is 2.23. The minimum absolute atomic E-state index is 0.0153. The van der Waals surface area contributed by atoms with Crippen molar-refractivity contribution in [2.24, 2.45) is 0 Å². The summed E-state index contributed by atoms with van der Waals surface area (Å²) >= 11 is 0. The number of anilines is 1. The van der Waals surface area contributed by atoms with E-state index in [9.17, 15) is 14.9 Å². The highest BCUT2D eigenvalue weighted by molar-refractivity contribution is 5.82. The van der Waals surface area contributed by atoms with Gasteiger partial charge in [-0.3, -0.25) is 14.9 Å². The molecule has 1 heterocycles. The fourth-order valence-corrected chi connectivity index (χ4v) is 2.67. The van der Waals surface area contributed by atoms with Crippen molar-refractivity contribution >= 4 is 17.3 Å². The number of carbonyl (C=O) groups is 1. The molecule has 0 bridgehead atoms. The van der Waals surface area contributed by atoms with Gasteiger partial charge in [-0.25, -0.2) is 0 Å². The van der Waals surface area contributed by atoms with Crippen molar-refractivity contribution in [2.45, 2.75) is 18.9 Å². The molecule has 1 amide bonds. The maximum absolute atomic E-state index is 12.3. The van der Waals surface area contributed by atoms with Crippen LogP contribution in [0, 0.1) is 10.1 Å². The van der Waals surface area contributed by atoms with E-state index >= 15 is 0 Å². The molecule has 0 saturated carbocycles. The molecule has 1 aromatic rings. The number of hydrogen-bond acceptors (Lipinski definition) is 5. The first-order valence-corrected chi connectivity index (χ1v) is 7.05. The Labute approximate surface area is 123 Å². The van der Waals surface area contributed by atoms with Crippen molar-refractivity contribution in [1.82, 2.24) is 10.2 Å². The molecule has 0 spiro atoms. The second kappa shape index (κ2) is 7.03. The summed E-state index contributed by atoms with van der Waals surface area (Å²) in [7, 11) is 1.87. The van der Waals surface area contributed by atoms with Crippen LogP contribution in [0.5, 0.6) is 0 Å². The predicted molar refractivity (Wildman–Crippen MR) is 80.2 cm³/mol. The molecule has 114 valence electrons. The Morgan fingerprint density at radius 1 is 1.48 bits per heavy atom. The van der Waals surface area contributed by atoms with E-state index in [1.165, 1.54) is 6.07 Å². The van der Waals surface area contributed by atoms with Crippen molar-refractivity contribution in [3.05, 3.63) is 34.4 Å². The summed E-state index contributed by atoms with van der Waals surface area (Å²) in [5.41, 5.74) is 0.360. The van der Waals surface area contributed by atoms with Gasteiger partial charge >= 0.3 is 0 Å². The number of amides is 1. The van der Waals surface area contributed by atoms with Gasteiger partial charge in [0.25, 0.3) is 5.69 Å². The standard InChI is InChI=1S/C14H20N4O3/c1-15-9-11-5-4-8-17(11)14(19)10-16-12-6-2-3-7-13(12)18(20)21/h2-3,6-7,11,15-16H,4-5,8-10H2,1H3. The lowest BCUT2D eigenvalue weighted by Gasteiger charge is -2.24. The summed E-state index contributed by atoms with van der Waals surface area (Å²) in [5.74, 6) is -0.0223. The Balaban J connectivity index is 1.97. The summed E-state index contributed by atoms with van der Waals surface area (Å²) in [6.45, 7) is 1.60.